The Balaban J connectivity index is 0. The average molecular weight is 165 g/mol. The molecule has 42 valence electrons. The quantitative estimate of drug-likeness (QED) is 0.381. The van der Waals surface area contributed by atoms with Crippen molar-refractivity contribution in [1.82, 2.24) is 0 Å². The molecule has 6 heavy (non-hydrogen) atoms. The summed E-state index contributed by atoms with van der Waals surface area (Å²) in [7, 11) is 0. The normalized spacial score (nSPS) is 10.0. The van der Waals surface area contributed by atoms with Gasteiger partial charge >= 0.3 is 17.1 Å². The average Bonchev–Trinajstić information content (AvgIpc) is 0.722. The van der Waals surface area contributed by atoms with Gasteiger partial charge in [0.2, 0.25) is 0 Å². The van der Waals surface area contributed by atoms with Crippen LogP contribution in [0.2, 0.25) is 0 Å². The third-order valence-electron chi connectivity index (χ3n) is 0. The van der Waals surface area contributed by atoms with Gasteiger partial charge < -0.3 is 12.6 Å². The molecule has 0 N–H and O–H groups in total. The molecule has 0 atom stereocenters. The molecule has 0 aliphatic heterocycles. The molecule has 0 aliphatic rings. The number of alkyl halides is 3. The minimum atomic E-state index is -4.42. The van der Waals surface area contributed by atoms with E-state index in [-0.39, 0.29) is 17.1 Å². The standard InChI is InChI=1S/CHF3S.Cu/c2-1(3,4)5;/h5H;/q;+1/p-1. The number of hydrogen-bond acceptors (Lipinski definition) is 1. The van der Waals surface area contributed by atoms with Gasteiger partial charge in [0.1, 0.15) is 0 Å². The minimum absolute atomic E-state index is 0. The predicted molar refractivity (Wildman–Crippen MR) is 13.4 cm³/mol. The van der Waals surface area contributed by atoms with Crippen LogP contribution >= 0.6 is 0 Å². The summed E-state index contributed by atoms with van der Waals surface area (Å²) in [6, 6.07) is 0. The molecule has 0 rings (SSSR count). The van der Waals surface area contributed by atoms with Gasteiger partial charge in [-0.2, -0.15) is 13.2 Å². The fraction of sp³-hybridized carbons (Fsp3) is 1.00. The first-order chi connectivity index (χ1) is 2.00. The van der Waals surface area contributed by atoms with E-state index in [1.807, 2.05) is 0 Å². The molecule has 0 fully saturated rings. The number of halogens is 3. The summed E-state index contributed by atoms with van der Waals surface area (Å²) in [6.07, 6.45) is 0. The maximum absolute atomic E-state index is 10.2. The Bertz CT molecular complexity index is 26.3. The van der Waals surface area contributed by atoms with Crippen molar-refractivity contribution >= 4 is 12.6 Å². The van der Waals surface area contributed by atoms with E-state index in [2.05, 4.69) is 12.6 Å². The zero-order valence-electron chi connectivity index (χ0n) is 2.34. The van der Waals surface area contributed by atoms with E-state index in [0.717, 1.165) is 0 Å². The summed E-state index contributed by atoms with van der Waals surface area (Å²) in [5, 5.41) is 0. The van der Waals surface area contributed by atoms with Crippen LogP contribution in [0.3, 0.4) is 0 Å². The number of rotatable bonds is 0. The van der Waals surface area contributed by atoms with Crippen molar-refractivity contribution in [2.24, 2.45) is 0 Å². The van der Waals surface area contributed by atoms with Gasteiger partial charge in [0.25, 0.3) is 5.51 Å². The third kappa shape index (κ3) is 143. The van der Waals surface area contributed by atoms with Gasteiger partial charge in [0, 0.05) is 0 Å². The molecule has 0 bridgehead atoms. The Morgan fingerprint density at radius 2 is 1.17 bits per heavy atom. The summed E-state index contributed by atoms with van der Waals surface area (Å²) in [5.74, 6) is 0. The van der Waals surface area contributed by atoms with E-state index >= 15 is 0 Å². The molecule has 0 spiro atoms. The molecule has 0 aromatic carbocycles. The van der Waals surface area contributed by atoms with Crippen LogP contribution in [-0.2, 0) is 29.7 Å². The fourth-order valence-electron chi connectivity index (χ4n) is 0. The molecule has 0 aromatic rings. The van der Waals surface area contributed by atoms with Gasteiger partial charge in [-0.1, -0.05) is 0 Å². The van der Waals surface area contributed by atoms with E-state index in [1.165, 1.54) is 0 Å². The van der Waals surface area contributed by atoms with Crippen LogP contribution in [0.5, 0.6) is 0 Å². The smallest absolute Gasteiger partial charge is 0.680 e. The maximum atomic E-state index is 10.2. The summed E-state index contributed by atoms with van der Waals surface area (Å²) in [4.78, 5) is 0. The van der Waals surface area contributed by atoms with Crippen molar-refractivity contribution in [3.63, 3.8) is 0 Å². The molecule has 0 unspecified atom stereocenters. The SMILES string of the molecule is FC(F)(F)[S-].[Cu+]. The van der Waals surface area contributed by atoms with E-state index in [9.17, 15) is 13.2 Å². The summed E-state index contributed by atoms with van der Waals surface area (Å²) < 4.78 is 30.5. The van der Waals surface area contributed by atoms with E-state index < -0.39 is 5.51 Å². The van der Waals surface area contributed by atoms with Crippen LogP contribution in [0.1, 0.15) is 0 Å². The molecule has 0 radical (unpaired) electrons. The third-order valence-corrected chi connectivity index (χ3v) is 0. The van der Waals surface area contributed by atoms with Crippen molar-refractivity contribution in [2.75, 3.05) is 0 Å². The second-order valence-electron chi connectivity index (χ2n) is 0.446. The van der Waals surface area contributed by atoms with Crippen LogP contribution in [0.25, 0.3) is 0 Å². The van der Waals surface area contributed by atoms with Crippen molar-refractivity contribution in [3.05, 3.63) is 0 Å². The van der Waals surface area contributed by atoms with E-state index in [1.54, 1.807) is 0 Å². The van der Waals surface area contributed by atoms with Crippen LogP contribution in [-0.4, -0.2) is 5.51 Å². The van der Waals surface area contributed by atoms with Crippen LogP contribution in [0.15, 0.2) is 0 Å². The first-order valence-electron chi connectivity index (χ1n) is 0.771. The first kappa shape index (κ1) is 9.82. The second kappa shape index (κ2) is 2.77. The monoisotopic (exact) mass is 164 g/mol. The van der Waals surface area contributed by atoms with E-state index in [0.29, 0.717) is 0 Å². The van der Waals surface area contributed by atoms with Crippen LogP contribution in [0, 0.1) is 0 Å². The summed E-state index contributed by atoms with van der Waals surface area (Å²) in [5.41, 5.74) is -4.42. The van der Waals surface area contributed by atoms with Crippen LogP contribution in [0.4, 0.5) is 13.2 Å². The van der Waals surface area contributed by atoms with Crippen molar-refractivity contribution in [1.29, 1.82) is 0 Å². The molecule has 0 heterocycles. The predicted octanol–water partition coefficient (Wildman–Crippen LogP) is 1.05. The van der Waals surface area contributed by atoms with Crippen LogP contribution < -0.4 is 0 Å². The first-order valence-corrected chi connectivity index (χ1v) is 1.18. The minimum Gasteiger partial charge on any atom is -0.680 e. The Hall–Kier alpha value is 0.659. The largest absolute Gasteiger partial charge is 1.00 e. The zero-order valence-corrected chi connectivity index (χ0v) is 4.10. The van der Waals surface area contributed by atoms with Gasteiger partial charge in [0.15, 0.2) is 0 Å². The van der Waals surface area contributed by atoms with Crippen molar-refractivity contribution in [2.45, 2.75) is 5.51 Å². The van der Waals surface area contributed by atoms with Crippen molar-refractivity contribution in [3.8, 4) is 0 Å². The topological polar surface area (TPSA) is 0 Å². The zero-order chi connectivity index (χ0) is 4.50. The van der Waals surface area contributed by atoms with Crippen molar-refractivity contribution < 1.29 is 30.2 Å². The number of hydrogen-bond donors (Lipinski definition) is 0. The molecule has 5 heteroatoms. The molecule has 0 saturated carbocycles. The second-order valence-corrected chi connectivity index (χ2v) is 0.909. The van der Waals surface area contributed by atoms with Gasteiger partial charge in [0.05, 0.1) is 0 Å². The molecule has 0 saturated heterocycles. The van der Waals surface area contributed by atoms with Gasteiger partial charge in [-0.25, -0.2) is 0 Å². The molecule has 0 nitrogen and oxygen atoms in total. The Morgan fingerprint density at radius 3 is 1.17 bits per heavy atom. The van der Waals surface area contributed by atoms with Gasteiger partial charge in [-0.3, -0.25) is 0 Å². The molecule has 0 aromatic heterocycles. The molecule has 0 aliphatic carbocycles. The Labute approximate surface area is 49.0 Å². The molecular formula is CCuF3S. The van der Waals surface area contributed by atoms with E-state index in [4.69, 9.17) is 0 Å². The Kier molecular flexibility index (Phi) is 4.54. The molecule has 0 amide bonds. The Morgan fingerprint density at radius 1 is 1.17 bits per heavy atom. The summed E-state index contributed by atoms with van der Waals surface area (Å²) in [6.45, 7) is 0. The molecular weight excluding hydrogens is 165 g/mol. The van der Waals surface area contributed by atoms with Gasteiger partial charge in [-0.05, 0) is 0 Å². The maximum Gasteiger partial charge on any atom is 1.00 e. The van der Waals surface area contributed by atoms with Gasteiger partial charge in [-0.15, -0.1) is 0 Å². The summed E-state index contributed by atoms with van der Waals surface area (Å²) >= 11 is 2.83. The fourth-order valence-corrected chi connectivity index (χ4v) is 0.